The Morgan fingerprint density at radius 3 is 2.41 bits per heavy atom. The number of rotatable bonds is 4. The van der Waals surface area contributed by atoms with Crippen molar-refractivity contribution >= 4 is 29.2 Å². The molecule has 1 heterocycles. The highest BCUT2D eigenvalue weighted by atomic mass is 35.5. The summed E-state index contributed by atoms with van der Waals surface area (Å²) in [6.45, 7) is 1.16. The molecule has 0 atom stereocenters. The quantitative estimate of drug-likeness (QED) is 0.838. The summed E-state index contributed by atoms with van der Waals surface area (Å²) in [5, 5.41) is 6.52. The Labute approximate surface area is 163 Å². The van der Waals surface area contributed by atoms with E-state index in [1.54, 1.807) is 54.5 Å². The van der Waals surface area contributed by atoms with Crippen LogP contribution in [0.3, 0.4) is 0 Å². The van der Waals surface area contributed by atoms with E-state index in [-0.39, 0.29) is 18.0 Å². The van der Waals surface area contributed by atoms with Crippen LogP contribution in [0, 0.1) is 0 Å². The molecule has 0 saturated carbocycles. The van der Waals surface area contributed by atoms with Crippen molar-refractivity contribution in [3.8, 4) is 5.75 Å². The van der Waals surface area contributed by atoms with E-state index in [1.165, 1.54) is 0 Å². The Hall–Kier alpha value is -2.73. The summed E-state index contributed by atoms with van der Waals surface area (Å²) >= 11 is 5.85. The molecule has 1 aliphatic heterocycles. The number of para-hydroxylation sites is 1. The van der Waals surface area contributed by atoms with Crippen molar-refractivity contribution in [2.24, 2.45) is 0 Å². The molecule has 1 aliphatic rings. The predicted molar refractivity (Wildman–Crippen MR) is 106 cm³/mol. The maximum atomic E-state index is 12.5. The van der Waals surface area contributed by atoms with Crippen LogP contribution in [0.1, 0.15) is 23.2 Å². The summed E-state index contributed by atoms with van der Waals surface area (Å²) in [6, 6.07) is 14.0. The Morgan fingerprint density at radius 1 is 1.07 bits per heavy atom. The summed E-state index contributed by atoms with van der Waals surface area (Å²) in [5.74, 6) is 0.395. The number of hydrogen-bond acceptors (Lipinski definition) is 3. The molecule has 0 unspecified atom stereocenters. The standard InChI is InChI=1S/C20H22ClN3O3/c1-27-18-5-3-2-4-17(18)19(25)22-16-10-12-24(13-11-16)20(26)23-15-8-6-14(21)7-9-15/h2-9,16H,10-13H2,1H3,(H,22,25)(H,23,26). The Balaban J connectivity index is 1.50. The number of piperidine rings is 1. The molecule has 2 aromatic rings. The first-order valence-electron chi connectivity index (χ1n) is 8.82. The lowest BCUT2D eigenvalue weighted by Crippen LogP contribution is -2.47. The van der Waals surface area contributed by atoms with Crippen LogP contribution in [-0.4, -0.2) is 43.1 Å². The predicted octanol–water partition coefficient (Wildman–Crippen LogP) is 3.77. The van der Waals surface area contributed by atoms with Gasteiger partial charge in [0.15, 0.2) is 0 Å². The van der Waals surface area contributed by atoms with Gasteiger partial charge in [-0.15, -0.1) is 0 Å². The first kappa shape index (κ1) is 19.0. The number of amides is 3. The number of benzene rings is 2. The van der Waals surface area contributed by atoms with Gasteiger partial charge >= 0.3 is 6.03 Å². The average molecular weight is 388 g/mol. The van der Waals surface area contributed by atoms with Crippen molar-refractivity contribution in [1.29, 1.82) is 0 Å². The molecule has 0 bridgehead atoms. The van der Waals surface area contributed by atoms with Gasteiger partial charge in [-0.3, -0.25) is 4.79 Å². The topological polar surface area (TPSA) is 70.7 Å². The molecular weight excluding hydrogens is 366 g/mol. The van der Waals surface area contributed by atoms with E-state index < -0.39 is 0 Å². The number of nitrogens with zero attached hydrogens (tertiary/aromatic N) is 1. The van der Waals surface area contributed by atoms with Crippen LogP contribution in [0.4, 0.5) is 10.5 Å². The number of nitrogens with one attached hydrogen (secondary N) is 2. The molecule has 2 aromatic carbocycles. The van der Waals surface area contributed by atoms with Crippen LogP contribution in [0.25, 0.3) is 0 Å². The maximum absolute atomic E-state index is 12.5. The fraction of sp³-hybridized carbons (Fsp3) is 0.300. The third-order valence-corrected chi connectivity index (χ3v) is 4.82. The lowest BCUT2D eigenvalue weighted by atomic mass is 10.0. The van der Waals surface area contributed by atoms with Crippen LogP contribution in [0.15, 0.2) is 48.5 Å². The van der Waals surface area contributed by atoms with E-state index in [2.05, 4.69) is 10.6 Å². The molecule has 1 saturated heterocycles. The number of carbonyl (C=O) groups is 2. The van der Waals surface area contributed by atoms with Gasteiger partial charge < -0.3 is 20.3 Å². The Kier molecular flexibility index (Phi) is 6.19. The third-order valence-electron chi connectivity index (χ3n) is 4.56. The van der Waals surface area contributed by atoms with Gasteiger partial charge in [-0.25, -0.2) is 4.79 Å². The number of anilines is 1. The number of carbonyl (C=O) groups excluding carboxylic acids is 2. The van der Waals surface area contributed by atoms with E-state index >= 15 is 0 Å². The maximum Gasteiger partial charge on any atom is 0.321 e. The van der Waals surface area contributed by atoms with E-state index in [0.717, 1.165) is 0 Å². The second-order valence-electron chi connectivity index (χ2n) is 6.37. The second-order valence-corrected chi connectivity index (χ2v) is 6.81. The monoisotopic (exact) mass is 387 g/mol. The molecule has 7 heteroatoms. The molecule has 0 aliphatic carbocycles. The number of methoxy groups -OCH3 is 1. The lowest BCUT2D eigenvalue weighted by molar-refractivity contribution is 0.0916. The summed E-state index contributed by atoms with van der Waals surface area (Å²) in [5.41, 5.74) is 1.22. The number of urea groups is 1. The minimum Gasteiger partial charge on any atom is -0.496 e. The van der Waals surface area contributed by atoms with Crippen LogP contribution in [0.2, 0.25) is 5.02 Å². The van der Waals surface area contributed by atoms with Crippen molar-refractivity contribution in [3.63, 3.8) is 0 Å². The number of likely N-dealkylation sites (tertiary alicyclic amines) is 1. The molecule has 27 heavy (non-hydrogen) atoms. The first-order valence-corrected chi connectivity index (χ1v) is 9.20. The third kappa shape index (κ3) is 4.92. The molecule has 2 N–H and O–H groups in total. The summed E-state index contributed by atoms with van der Waals surface area (Å²) in [6.07, 6.45) is 1.41. The molecule has 0 spiro atoms. The zero-order chi connectivity index (χ0) is 19.2. The van der Waals surface area contributed by atoms with Gasteiger partial charge in [0.25, 0.3) is 5.91 Å². The zero-order valence-corrected chi connectivity index (χ0v) is 15.8. The molecular formula is C20H22ClN3O3. The highest BCUT2D eigenvalue weighted by Crippen LogP contribution is 2.19. The normalized spacial score (nSPS) is 14.5. The van der Waals surface area contributed by atoms with E-state index in [1.807, 2.05) is 6.07 Å². The van der Waals surface area contributed by atoms with Crippen molar-refractivity contribution in [3.05, 3.63) is 59.1 Å². The van der Waals surface area contributed by atoms with E-state index in [9.17, 15) is 9.59 Å². The van der Waals surface area contributed by atoms with Crippen molar-refractivity contribution in [1.82, 2.24) is 10.2 Å². The Morgan fingerprint density at radius 2 is 1.74 bits per heavy atom. The largest absolute Gasteiger partial charge is 0.496 e. The highest BCUT2D eigenvalue weighted by molar-refractivity contribution is 6.30. The average Bonchev–Trinajstić information content (AvgIpc) is 2.70. The van der Waals surface area contributed by atoms with Gasteiger partial charge in [-0.2, -0.15) is 0 Å². The lowest BCUT2D eigenvalue weighted by Gasteiger charge is -2.32. The SMILES string of the molecule is COc1ccccc1C(=O)NC1CCN(C(=O)Nc2ccc(Cl)cc2)CC1. The first-order chi connectivity index (χ1) is 13.1. The molecule has 1 fully saturated rings. The van der Waals surface area contributed by atoms with E-state index in [4.69, 9.17) is 16.3 Å². The minimum absolute atomic E-state index is 0.0296. The van der Waals surface area contributed by atoms with Gasteiger partial charge in [0, 0.05) is 29.8 Å². The van der Waals surface area contributed by atoms with Crippen LogP contribution >= 0.6 is 11.6 Å². The van der Waals surface area contributed by atoms with Gasteiger partial charge in [0.05, 0.1) is 12.7 Å². The molecule has 6 nitrogen and oxygen atoms in total. The summed E-state index contributed by atoms with van der Waals surface area (Å²) < 4.78 is 5.24. The van der Waals surface area contributed by atoms with Gasteiger partial charge in [0.1, 0.15) is 5.75 Å². The molecule has 0 aromatic heterocycles. The fourth-order valence-electron chi connectivity index (χ4n) is 3.06. The summed E-state index contributed by atoms with van der Waals surface area (Å²) in [4.78, 5) is 26.6. The molecule has 3 rings (SSSR count). The molecule has 142 valence electrons. The fourth-order valence-corrected chi connectivity index (χ4v) is 3.18. The van der Waals surface area contributed by atoms with Crippen LogP contribution in [-0.2, 0) is 0 Å². The molecule has 3 amide bonds. The van der Waals surface area contributed by atoms with Crippen molar-refractivity contribution in [2.45, 2.75) is 18.9 Å². The van der Waals surface area contributed by atoms with Crippen LogP contribution < -0.4 is 15.4 Å². The van der Waals surface area contributed by atoms with Crippen molar-refractivity contribution < 1.29 is 14.3 Å². The molecule has 0 radical (unpaired) electrons. The highest BCUT2D eigenvalue weighted by Gasteiger charge is 2.25. The number of ether oxygens (including phenoxy) is 1. The number of halogens is 1. The van der Waals surface area contributed by atoms with Crippen molar-refractivity contribution in [2.75, 3.05) is 25.5 Å². The smallest absolute Gasteiger partial charge is 0.321 e. The van der Waals surface area contributed by atoms with Gasteiger partial charge in [-0.05, 0) is 49.2 Å². The van der Waals surface area contributed by atoms with E-state index in [0.29, 0.717) is 48.0 Å². The zero-order valence-electron chi connectivity index (χ0n) is 15.1. The van der Waals surface area contributed by atoms with Gasteiger partial charge in [0.2, 0.25) is 0 Å². The van der Waals surface area contributed by atoms with Gasteiger partial charge in [-0.1, -0.05) is 23.7 Å². The Bertz CT molecular complexity index is 802. The second kappa shape index (κ2) is 8.77. The van der Waals surface area contributed by atoms with Crippen LogP contribution in [0.5, 0.6) is 5.75 Å². The minimum atomic E-state index is -0.156. The summed E-state index contributed by atoms with van der Waals surface area (Å²) in [7, 11) is 1.55. The number of hydrogen-bond donors (Lipinski definition) is 2.